The van der Waals surface area contributed by atoms with E-state index in [1.165, 1.54) is 12.8 Å². The highest BCUT2D eigenvalue weighted by Gasteiger charge is 2.25. The van der Waals surface area contributed by atoms with Gasteiger partial charge in [0.15, 0.2) is 0 Å². The summed E-state index contributed by atoms with van der Waals surface area (Å²) in [5.41, 5.74) is 5.91. The fraction of sp³-hybridized carbons (Fsp3) is 1.00. The second kappa shape index (κ2) is 3.75. The predicted molar refractivity (Wildman–Crippen MR) is 51.0 cm³/mol. The molecule has 0 aliphatic carbocycles. The van der Waals surface area contributed by atoms with Gasteiger partial charge in [-0.3, -0.25) is 0 Å². The second-order valence-corrected chi connectivity index (χ2v) is 4.65. The molecule has 2 atom stereocenters. The van der Waals surface area contributed by atoms with Crippen molar-refractivity contribution in [2.75, 3.05) is 6.61 Å². The smallest absolute Gasteiger partial charge is 0.0576 e. The third-order valence-corrected chi connectivity index (χ3v) is 2.69. The fourth-order valence-electron chi connectivity index (χ4n) is 1.71. The first-order valence-electron chi connectivity index (χ1n) is 4.89. The Labute approximate surface area is 75.5 Å². The highest BCUT2D eigenvalue weighted by atomic mass is 16.5. The summed E-state index contributed by atoms with van der Waals surface area (Å²) in [4.78, 5) is 0. The molecule has 0 radical (unpaired) electrons. The number of hydrogen-bond acceptors (Lipinski definition) is 2. The molecule has 1 rings (SSSR count). The average Bonchev–Trinajstić information content (AvgIpc) is 2.29. The van der Waals surface area contributed by atoms with Gasteiger partial charge >= 0.3 is 0 Å². The summed E-state index contributed by atoms with van der Waals surface area (Å²) in [6.07, 6.45) is 3.99. The SMILES string of the molecule is CC1OCCC1CCC(C)(C)N. The van der Waals surface area contributed by atoms with Gasteiger partial charge in [-0.05, 0) is 46.0 Å². The number of rotatable bonds is 3. The molecule has 0 amide bonds. The van der Waals surface area contributed by atoms with E-state index < -0.39 is 0 Å². The zero-order valence-electron chi connectivity index (χ0n) is 8.47. The van der Waals surface area contributed by atoms with Crippen LogP contribution in [-0.2, 0) is 4.74 Å². The summed E-state index contributed by atoms with van der Waals surface area (Å²) in [6.45, 7) is 7.29. The van der Waals surface area contributed by atoms with Crippen molar-refractivity contribution in [3.05, 3.63) is 0 Å². The summed E-state index contributed by atoms with van der Waals surface area (Å²) in [5, 5.41) is 0. The fourth-order valence-corrected chi connectivity index (χ4v) is 1.71. The van der Waals surface area contributed by atoms with Crippen LogP contribution in [0, 0.1) is 5.92 Å². The molecule has 2 N–H and O–H groups in total. The molecule has 12 heavy (non-hydrogen) atoms. The van der Waals surface area contributed by atoms with E-state index in [0.717, 1.165) is 18.9 Å². The second-order valence-electron chi connectivity index (χ2n) is 4.65. The average molecular weight is 171 g/mol. The van der Waals surface area contributed by atoms with E-state index in [1.807, 2.05) is 0 Å². The molecule has 2 unspecified atom stereocenters. The zero-order valence-corrected chi connectivity index (χ0v) is 8.47. The van der Waals surface area contributed by atoms with Crippen LogP contribution in [0.25, 0.3) is 0 Å². The van der Waals surface area contributed by atoms with Gasteiger partial charge in [0.2, 0.25) is 0 Å². The van der Waals surface area contributed by atoms with Gasteiger partial charge in [-0.1, -0.05) is 0 Å². The van der Waals surface area contributed by atoms with E-state index in [1.54, 1.807) is 0 Å². The lowest BCUT2D eigenvalue weighted by Gasteiger charge is -2.21. The Morgan fingerprint density at radius 3 is 2.58 bits per heavy atom. The molecule has 1 aliphatic heterocycles. The summed E-state index contributed by atoms with van der Waals surface area (Å²) < 4.78 is 5.49. The molecule has 0 aromatic heterocycles. The van der Waals surface area contributed by atoms with Crippen molar-refractivity contribution >= 4 is 0 Å². The van der Waals surface area contributed by atoms with Crippen LogP contribution in [0.4, 0.5) is 0 Å². The molecule has 0 aromatic carbocycles. The van der Waals surface area contributed by atoms with Crippen LogP contribution in [0.3, 0.4) is 0 Å². The lowest BCUT2D eigenvalue weighted by Crippen LogP contribution is -2.32. The maximum Gasteiger partial charge on any atom is 0.0576 e. The molecule has 0 bridgehead atoms. The normalized spacial score (nSPS) is 31.0. The van der Waals surface area contributed by atoms with Gasteiger partial charge in [0.1, 0.15) is 0 Å². The predicted octanol–water partition coefficient (Wildman–Crippen LogP) is 1.93. The van der Waals surface area contributed by atoms with E-state index >= 15 is 0 Å². The highest BCUT2D eigenvalue weighted by Crippen LogP contribution is 2.26. The first-order chi connectivity index (χ1) is 5.49. The van der Waals surface area contributed by atoms with Gasteiger partial charge in [-0.2, -0.15) is 0 Å². The topological polar surface area (TPSA) is 35.2 Å². The van der Waals surface area contributed by atoms with Crippen molar-refractivity contribution in [3.63, 3.8) is 0 Å². The molecule has 1 fully saturated rings. The number of ether oxygens (including phenoxy) is 1. The van der Waals surface area contributed by atoms with Crippen molar-refractivity contribution in [2.45, 2.75) is 51.7 Å². The molecule has 2 heteroatoms. The van der Waals surface area contributed by atoms with Gasteiger partial charge in [-0.25, -0.2) is 0 Å². The van der Waals surface area contributed by atoms with Crippen LogP contribution in [0.5, 0.6) is 0 Å². The third kappa shape index (κ3) is 3.11. The maximum atomic E-state index is 5.92. The van der Waals surface area contributed by atoms with Gasteiger partial charge in [0, 0.05) is 12.1 Å². The van der Waals surface area contributed by atoms with Crippen molar-refractivity contribution in [2.24, 2.45) is 11.7 Å². The van der Waals surface area contributed by atoms with Crippen LogP contribution < -0.4 is 5.73 Å². The standard InChI is InChI=1S/C10H21NO/c1-8-9(5-7-12-8)4-6-10(2,3)11/h8-9H,4-7,11H2,1-3H3. The minimum atomic E-state index is -0.0116. The summed E-state index contributed by atoms with van der Waals surface area (Å²) in [6, 6.07) is 0. The Bertz CT molecular complexity index is 139. The third-order valence-electron chi connectivity index (χ3n) is 2.69. The quantitative estimate of drug-likeness (QED) is 0.704. The Hall–Kier alpha value is -0.0800. The van der Waals surface area contributed by atoms with Crippen molar-refractivity contribution < 1.29 is 4.74 Å². The maximum absolute atomic E-state index is 5.92. The molecular formula is C10H21NO. The summed E-state index contributed by atoms with van der Waals surface area (Å²) in [5.74, 6) is 0.743. The molecule has 0 saturated carbocycles. The Morgan fingerprint density at radius 2 is 2.17 bits per heavy atom. The largest absolute Gasteiger partial charge is 0.378 e. The monoisotopic (exact) mass is 171 g/mol. The molecule has 1 saturated heterocycles. The molecule has 72 valence electrons. The van der Waals surface area contributed by atoms with Gasteiger partial charge in [0.25, 0.3) is 0 Å². The molecule has 1 aliphatic rings. The molecule has 0 spiro atoms. The van der Waals surface area contributed by atoms with Gasteiger partial charge in [-0.15, -0.1) is 0 Å². The van der Waals surface area contributed by atoms with Crippen LogP contribution in [0.1, 0.15) is 40.0 Å². The van der Waals surface area contributed by atoms with Crippen molar-refractivity contribution in [1.29, 1.82) is 0 Å². The van der Waals surface area contributed by atoms with Crippen LogP contribution in [-0.4, -0.2) is 18.2 Å². The lowest BCUT2D eigenvalue weighted by molar-refractivity contribution is 0.102. The molecule has 1 heterocycles. The Morgan fingerprint density at radius 1 is 1.50 bits per heavy atom. The van der Waals surface area contributed by atoms with Gasteiger partial charge < -0.3 is 10.5 Å². The molecule has 2 nitrogen and oxygen atoms in total. The number of nitrogens with two attached hydrogens (primary N) is 1. The minimum absolute atomic E-state index is 0.0116. The van der Waals surface area contributed by atoms with Crippen molar-refractivity contribution in [1.82, 2.24) is 0 Å². The lowest BCUT2D eigenvalue weighted by atomic mass is 9.90. The molecule has 0 aromatic rings. The van der Waals surface area contributed by atoms with E-state index in [4.69, 9.17) is 10.5 Å². The highest BCUT2D eigenvalue weighted by molar-refractivity contribution is 4.78. The van der Waals surface area contributed by atoms with Crippen LogP contribution >= 0.6 is 0 Å². The Kier molecular flexibility index (Phi) is 3.13. The first-order valence-corrected chi connectivity index (χ1v) is 4.89. The first kappa shape index (κ1) is 10.0. The van der Waals surface area contributed by atoms with E-state index in [9.17, 15) is 0 Å². The van der Waals surface area contributed by atoms with Crippen LogP contribution in [0.2, 0.25) is 0 Å². The molecular weight excluding hydrogens is 150 g/mol. The minimum Gasteiger partial charge on any atom is -0.378 e. The van der Waals surface area contributed by atoms with Crippen molar-refractivity contribution in [3.8, 4) is 0 Å². The van der Waals surface area contributed by atoms with Gasteiger partial charge in [0.05, 0.1) is 6.10 Å². The van der Waals surface area contributed by atoms with E-state index in [-0.39, 0.29) is 5.54 Å². The summed E-state index contributed by atoms with van der Waals surface area (Å²) in [7, 11) is 0. The number of hydrogen-bond donors (Lipinski definition) is 1. The zero-order chi connectivity index (χ0) is 9.19. The van der Waals surface area contributed by atoms with Crippen LogP contribution in [0.15, 0.2) is 0 Å². The summed E-state index contributed by atoms with van der Waals surface area (Å²) >= 11 is 0. The Balaban J connectivity index is 2.23. The van der Waals surface area contributed by atoms with E-state index in [0.29, 0.717) is 6.10 Å². The van der Waals surface area contributed by atoms with E-state index in [2.05, 4.69) is 20.8 Å².